The van der Waals surface area contributed by atoms with E-state index in [9.17, 15) is 4.79 Å². The van der Waals surface area contributed by atoms with Crippen LogP contribution in [0.25, 0.3) is 0 Å². The first-order valence-electron chi connectivity index (χ1n) is 5.95. The molecular weight excluding hydrogens is 226 g/mol. The molecule has 92 valence electrons. The second-order valence-corrected chi connectivity index (χ2v) is 4.15. The molecule has 1 aromatic heterocycles. The van der Waals surface area contributed by atoms with Crippen LogP contribution in [0.4, 0.5) is 0 Å². The molecule has 0 aliphatic carbocycles. The first-order valence-corrected chi connectivity index (χ1v) is 5.95. The summed E-state index contributed by atoms with van der Waals surface area (Å²) in [6, 6.07) is 15.7. The van der Waals surface area contributed by atoms with E-state index in [1.165, 1.54) is 0 Å². The zero-order valence-corrected chi connectivity index (χ0v) is 9.99. The van der Waals surface area contributed by atoms with E-state index < -0.39 is 5.97 Å². The number of pyridine rings is 1. The third-order valence-corrected chi connectivity index (χ3v) is 2.89. The first-order chi connectivity index (χ1) is 8.77. The van der Waals surface area contributed by atoms with E-state index in [1.807, 2.05) is 48.5 Å². The van der Waals surface area contributed by atoms with Crippen LogP contribution in [0.3, 0.4) is 0 Å². The molecule has 0 radical (unpaired) electrons. The quantitative estimate of drug-likeness (QED) is 0.875. The summed E-state index contributed by atoms with van der Waals surface area (Å²) in [5.41, 5.74) is 2.03. The fourth-order valence-electron chi connectivity index (χ4n) is 2.02. The number of hydrogen-bond acceptors (Lipinski definition) is 2. The van der Waals surface area contributed by atoms with Crippen molar-refractivity contribution in [1.82, 2.24) is 4.98 Å². The molecule has 1 heterocycles. The van der Waals surface area contributed by atoms with Crippen molar-refractivity contribution in [2.75, 3.05) is 0 Å². The van der Waals surface area contributed by atoms with Gasteiger partial charge in [0.2, 0.25) is 0 Å². The summed E-state index contributed by atoms with van der Waals surface area (Å²) in [5, 5.41) is 8.84. The highest BCUT2D eigenvalue weighted by atomic mass is 16.4. The summed E-state index contributed by atoms with van der Waals surface area (Å²) < 4.78 is 0. The topological polar surface area (TPSA) is 50.2 Å². The molecule has 0 spiro atoms. The van der Waals surface area contributed by atoms with Crippen LogP contribution < -0.4 is 0 Å². The lowest BCUT2D eigenvalue weighted by Crippen LogP contribution is -2.06. The number of nitrogens with zero attached hydrogens (tertiary/aromatic N) is 1. The Balaban J connectivity index is 2.26. The highest BCUT2D eigenvalue weighted by Gasteiger charge is 2.16. The molecule has 0 saturated carbocycles. The van der Waals surface area contributed by atoms with E-state index in [0.29, 0.717) is 6.42 Å². The van der Waals surface area contributed by atoms with Crippen LogP contribution in [0.15, 0.2) is 54.7 Å². The average molecular weight is 241 g/mol. The third kappa shape index (κ3) is 3.17. The molecule has 0 unspecified atom stereocenters. The van der Waals surface area contributed by atoms with Gasteiger partial charge in [0.05, 0.1) is 0 Å². The number of aliphatic carboxylic acids is 1. The van der Waals surface area contributed by atoms with Crippen LogP contribution in [0, 0.1) is 0 Å². The van der Waals surface area contributed by atoms with Gasteiger partial charge in [-0.25, -0.2) is 0 Å². The maximum atomic E-state index is 10.7. The SMILES string of the molecule is O=C(O)CC[C@@H](c1ccccc1)c1ccccn1. The molecule has 2 aromatic rings. The van der Waals surface area contributed by atoms with Crippen molar-refractivity contribution in [1.29, 1.82) is 0 Å². The molecule has 1 N–H and O–H groups in total. The molecule has 3 nitrogen and oxygen atoms in total. The average Bonchev–Trinajstić information content (AvgIpc) is 2.41. The summed E-state index contributed by atoms with van der Waals surface area (Å²) in [7, 11) is 0. The van der Waals surface area contributed by atoms with Gasteiger partial charge in [0, 0.05) is 24.2 Å². The molecule has 0 aliphatic rings. The number of aromatic nitrogens is 1. The van der Waals surface area contributed by atoms with E-state index in [2.05, 4.69) is 4.98 Å². The predicted octanol–water partition coefficient (Wildman–Crippen LogP) is 3.08. The molecule has 0 aliphatic heterocycles. The lowest BCUT2D eigenvalue weighted by atomic mass is 9.91. The molecule has 3 heteroatoms. The smallest absolute Gasteiger partial charge is 0.303 e. The fraction of sp³-hybridized carbons (Fsp3) is 0.200. The molecule has 1 aromatic carbocycles. The van der Waals surface area contributed by atoms with Gasteiger partial charge >= 0.3 is 5.97 Å². The van der Waals surface area contributed by atoms with Crippen molar-refractivity contribution >= 4 is 5.97 Å². The summed E-state index contributed by atoms with van der Waals surface area (Å²) >= 11 is 0. The van der Waals surface area contributed by atoms with Crippen molar-refractivity contribution in [3.05, 3.63) is 66.0 Å². The second-order valence-electron chi connectivity index (χ2n) is 4.15. The van der Waals surface area contributed by atoms with Gasteiger partial charge in [-0.2, -0.15) is 0 Å². The molecule has 2 rings (SSSR count). The number of hydrogen-bond donors (Lipinski definition) is 1. The predicted molar refractivity (Wildman–Crippen MR) is 69.4 cm³/mol. The van der Waals surface area contributed by atoms with Gasteiger partial charge in [-0.1, -0.05) is 36.4 Å². The van der Waals surface area contributed by atoms with Gasteiger partial charge < -0.3 is 5.11 Å². The minimum Gasteiger partial charge on any atom is -0.481 e. The number of carbonyl (C=O) groups is 1. The summed E-state index contributed by atoms with van der Waals surface area (Å²) in [6.45, 7) is 0. The highest BCUT2D eigenvalue weighted by Crippen LogP contribution is 2.27. The van der Waals surface area contributed by atoms with E-state index in [0.717, 1.165) is 11.3 Å². The molecule has 1 atom stereocenters. The summed E-state index contributed by atoms with van der Waals surface area (Å²) in [5.74, 6) is -0.727. The van der Waals surface area contributed by atoms with Crippen molar-refractivity contribution in [2.45, 2.75) is 18.8 Å². The van der Waals surface area contributed by atoms with E-state index in [-0.39, 0.29) is 12.3 Å². The second kappa shape index (κ2) is 5.96. The largest absolute Gasteiger partial charge is 0.481 e. The maximum Gasteiger partial charge on any atom is 0.303 e. The Labute approximate surface area is 106 Å². The lowest BCUT2D eigenvalue weighted by Gasteiger charge is -2.15. The molecule has 18 heavy (non-hydrogen) atoms. The molecule has 0 bridgehead atoms. The Morgan fingerprint density at radius 1 is 1.11 bits per heavy atom. The van der Waals surface area contributed by atoms with Crippen molar-refractivity contribution in [3.8, 4) is 0 Å². The van der Waals surface area contributed by atoms with Crippen LogP contribution in [0.2, 0.25) is 0 Å². The van der Waals surface area contributed by atoms with E-state index in [4.69, 9.17) is 5.11 Å². The maximum absolute atomic E-state index is 10.7. The Hall–Kier alpha value is -2.16. The highest BCUT2D eigenvalue weighted by molar-refractivity contribution is 5.66. The summed E-state index contributed by atoms with van der Waals surface area (Å²) in [6.07, 6.45) is 2.46. The van der Waals surface area contributed by atoms with Gasteiger partial charge in [0.15, 0.2) is 0 Å². The van der Waals surface area contributed by atoms with Crippen molar-refractivity contribution in [2.24, 2.45) is 0 Å². The Morgan fingerprint density at radius 2 is 1.83 bits per heavy atom. The number of benzene rings is 1. The number of rotatable bonds is 5. The minimum absolute atomic E-state index is 0.0449. The van der Waals surface area contributed by atoms with Gasteiger partial charge in [-0.15, -0.1) is 0 Å². The minimum atomic E-state index is -0.771. The summed E-state index contributed by atoms with van der Waals surface area (Å²) in [4.78, 5) is 15.1. The van der Waals surface area contributed by atoms with Crippen LogP contribution >= 0.6 is 0 Å². The fourth-order valence-corrected chi connectivity index (χ4v) is 2.02. The van der Waals surface area contributed by atoms with E-state index in [1.54, 1.807) is 6.20 Å². The number of carboxylic acid groups (broad SMARTS) is 1. The zero-order chi connectivity index (χ0) is 12.8. The van der Waals surface area contributed by atoms with E-state index >= 15 is 0 Å². The standard InChI is InChI=1S/C15H15NO2/c17-15(18)10-9-13(12-6-2-1-3-7-12)14-8-4-5-11-16-14/h1-8,11,13H,9-10H2,(H,17,18)/t13-/m0/s1. The Kier molecular flexibility index (Phi) is 4.07. The van der Waals surface area contributed by atoms with Gasteiger partial charge in [-0.05, 0) is 24.1 Å². The lowest BCUT2D eigenvalue weighted by molar-refractivity contribution is -0.137. The number of carboxylic acids is 1. The van der Waals surface area contributed by atoms with Crippen molar-refractivity contribution in [3.63, 3.8) is 0 Å². The van der Waals surface area contributed by atoms with Gasteiger partial charge in [-0.3, -0.25) is 9.78 Å². The monoisotopic (exact) mass is 241 g/mol. The zero-order valence-electron chi connectivity index (χ0n) is 9.99. The Morgan fingerprint density at radius 3 is 2.44 bits per heavy atom. The van der Waals surface area contributed by atoms with Crippen LogP contribution in [-0.4, -0.2) is 16.1 Å². The van der Waals surface area contributed by atoms with Gasteiger partial charge in [0.1, 0.15) is 0 Å². The molecule has 0 amide bonds. The van der Waals surface area contributed by atoms with Crippen molar-refractivity contribution < 1.29 is 9.90 Å². The Bertz CT molecular complexity index is 457. The first kappa shape index (κ1) is 12.3. The normalized spacial score (nSPS) is 12.0. The molecular formula is C15H15NO2. The molecule has 0 fully saturated rings. The third-order valence-electron chi connectivity index (χ3n) is 2.89. The van der Waals surface area contributed by atoms with Crippen LogP contribution in [0.1, 0.15) is 30.0 Å². The van der Waals surface area contributed by atoms with Crippen LogP contribution in [-0.2, 0) is 4.79 Å². The van der Waals surface area contributed by atoms with Crippen LogP contribution in [0.5, 0.6) is 0 Å². The van der Waals surface area contributed by atoms with Gasteiger partial charge in [0.25, 0.3) is 0 Å². The molecule has 0 saturated heterocycles.